The van der Waals surface area contributed by atoms with E-state index in [2.05, 4.69) is 52.3 Å². The average Bonchev–Trinajstić information content (AvgIpc) is 3.76. The number of piperidine rings is 1. The first-order chi connectivity index (χ1) is 23.9. The monoisotopic (exact) mass is 722 g/mol. The minimum absolute atomic E-state index is 0.200. The summed E-state index contributed by atoms with van der Waals surface area (Å²) in [5.41, 5.74) is 7.28. The minimum atomic E-state index is -0.371. The van der Waals surface area contributed by atoms with Crippen LogP contribution in [0, 0.1) is 12.3 Å². The SMILES string of the molecule is Cc1ccc2nc(NC(=O)Nc3ccccc3N3CC4(CCN(CC(C)(C)C)CC4)c4c(-c5nc6ccc(Cl)cc6s5)ccc(O)c43)sc2c1. The van der Waals surface area contributed by atoms with Crippen molar-refractivity contribution in [2.75, 3.05) is 41.7 Å². The van der Waals surface area contributed by atoms with Gasteiger partial charge in [0.2, 0.25) is 0 Å². The molecule has 8 rings (SSSR count). The van der Waals surface area contributed by atoms with Crippen molar-refractivity contribution in [1.82, 2.24) is 14.9 Å². The van der Waals surface area contributed by atoms with Gasteiger partial charge in [-0.25, -0.2) is 14.8 Å². The number of para-hydroxylation sites is 2. The Balaban J connectivity index is 1.18. The van der Waals surface area contributed by atoms with Gasteiger partial charge in [0.15, 0.2) is 5.13 Å². The molecule has 0 aliphatic carbocycles. The summed E-state index contributed by atoms with van der Waals surface area (Å²) in [6.07, 6.45) is 1.87. The van der Waals surface area contributed by atoms with Gasteiger partial charge in [0.05, 0.1) is 37.5 Å². The third-order valence-electron chi connectivity index (χ3n) is 9.72. The summed E-state index contributed by atoms with van der Waals surface area (Å²) in [5, 5.41) is 19.9. The molecule has 2 aromatic heterocycles. The van der Waals surface area contributed by atoms with Crippen molar-refractivity contribution in [2.24, 2.45) is 5.41 Å². The summed E-state index contributed by atoms with van der Waals surface area (Å²) in [6.45, 7) is 12.5. The number of carbonyl (C=O) groups is 1. The number of aromatic nitrogens is 2. The molecule has 1 spiro atoms. The molecule has 256 valence electrons. The largest absolute Gasteiger partial charge is 0.506 e. The normalized spacial score (nSPS) is 16.0. The van der Waals surface area contributed by atoms with Gasteiger partial charge < -0.3 is 20.2 Å². The first-order valence-corrected chi connectivity index (χ1v) is 18.9. The van der Waals surface area contributed by atoms with Crippen LogP contribution in [0.5, 0.6) is 5.75 Å². The number of anilines is 4. The van der Waals surface area contributed by atoms with Crippen LogP contribution in [0.4, 0.5) is 27.0 Å². The number of carbonyl (C=O) groups excluding carboxylic acids is 1. The molecule has 11 heteroatoms. The van der Waals surface area contributed by atoms with E-state index in [0.717, 1.165) is 86.0 Å². The Kier molecular flexibility index (Phi) is 8.26. The Labute approximate surface area is 304 Å². The lowest BCUT2D eigenvalue weighted by Crippen LogP contribution is -2.47. The van der Waals surface area contributed by atoms with Crippen LogP contribution in [0.3, 0.4) is 0 Å². The van der Waals surface area contributed by atoms with E-state index < -0.39 is 0 Å². The first-order valence-electron chi connectivity index (χ1n) is 16.9. The summed E-state index contributed by atoms with van der Waals surface area (Å²) in [6, 6.07) is 23.1. The van der Waals surface area contributed by atoms with E-state index in [9.17, 15) is 9.90 Å². The molecule has 2 aliphatic rings. The van der Waals surface area contributed by atoms with Crippen LogP contribution in [0.1, 0.15) is 44.7 Å². The Bertz CT molecular complexity index is 2270. The number of hydrogen-bond acceptors (Lipinski definition) is 8. The van der Waals surface area contributed by atoms with Crippen molar-refractivity contribution in [1.29, 1.82) is 0 Å². The molecule has 8 nitrogen and oxygen atoms in total. The van der Waals surface area contributed by atoms with E-state index in [0.29, 0.717) is 22.4 Å². The fourth-order valence-electron chi connectivity index (χ4n) is 7.62. The van der Waals surface area contributed by atoms with Gasteiger partial charge in [-0.2, -0.15) is 0 Å². The van der Waals surface area contributed by atoms with Gasteiger partial charge in [-0.1, -0.05) is 61.9 Å². The van der Waals surface area contributed by atoms with E-state index in [1.54, 1.807) is 17.4 Å². The first kappa shape index (κ1) is 33.0. The molecular weight excluding hydrogens is 684 g/mol. The minimum Gasteiger partial charge on any atom is -0.506 e. The summed E-state index contributed by atoms with van der Waals surface area (Å²) in [5.74, 6) is 0.214. The molecule has 0 radical (unpaired) electrons. The molecule has 0 saturated carbocycles. The Morgan fingerprint density at radius 2 is 1.68 bits per heavy atom. The summed E-state index contributed by atoms with van der Waals surface area (Å²) < 4.78 is 2.05. The quantitative estimate of drug-likeness (QED) is 0.164. The number of halogens is 1. The Morgan fingerprint density at radius 3 is 2.48 bits per heavy atom. The maximum atomic E-state index is 13.5. The van der Waals surface area contributed by atoms with Crippen molar-refractivity contribution in [3.05, 3.63) is 88.9 Å². The van der Waals surface area contributed by atoms with Crippen molar-refractivity contribution < 1.29 is 9.90 Å². The fraction of sp³-hybridized carbons (Fsp3) is 0.308. The second-order valence-electron chi connectivity index (χ2n) is 14.8. The van der Waals surface area contributed by atoms with E-state index in [4.69, 9.17) is 16.6 Å². The topological polar surface area (TPSA) is 93.6 Å². The van der Waals surface area contributed by atoms with E-state index in [1.807, 2.05) is 67.6 Å². The Morgan fingerprint density at radius 1 is 0.940 bits per heavy atom. The number of amides is 2. The third kappa shape index (κ3) is 6.19. The van der Waals surface area contributed by atoms with Gasteiger partial charge in [-0.05, 0) is 104 Å². The number of aryl methyl sites for hydroxylation is 1. The van der Waals surface area contributed by atoms with Gasteiger partial charge in [-0.3, -0.25) is 5.32 Å². The molecule has 6 aromatic rings. The number of nitrogens with zero attached hydrogens (tertiary/aromatic N) is 4. The molecule has 1 saturated heterocycles. The maximum Gasteiger partial charge on any atom is 0.325 e. The van der Waals surface area contributed by atoms with Crippen LogP contribution in [-0.4, -0.2) is 52.2 Å². The standard InChI is InChI=1S/C39H39ClN6O2S2/c1-23-9-12-28-31(19-23)50-37(43-28)44-36(48)42-26-7-5-6-8-29(26)46-22-39(15-17-45(18-16-39)21-38(2,3)4)33-25(11-14-30(47)34(33)46)35-41-27-13-10-24(40)20-32(27)49-35/h5-14,19-20,47H,15-18,21-22H2,1-4H3,(H2,42,43,44,48). The summed E-state index contributed by atoms with van der Waals surface area (Å²) in [7, 11) is 0. The van der Waals surface area contributed by atoms with Crippen molar-refractivity contribution in [3.63, 3.8) is 0 Å². The third-order valence-corrected chi connectivity index (χ3v) is 11.9. The summed E-state index contributed by atoms with van der Waals surface area (Å²) >= 11 is 9.45. The molecule has 50 heavy (non-hydrogen) atoms. The highest BCUT2D eigenvalue weighted by Gasteiger charge is 2.49. The zero-order valence-electron chi connectivity index (χ0n) is 28.5. The predicted octanol–water partition coefficient (Wildman–Crippen LogP) is 10.4. The van der Waals surface area contributed by atoms with Gasteiger partial charge in [-0.15, -0.1) is 11.3 Å². The van der Waals surface area contributed by atoms with Crippen LogP contribution in [0.15, 0.2) is 72.8 Å². The highest BCUT2D eigenvalue weighted by Crippen LogP contribution is 2.57. The van der Waals surface area contributed by atoms with Crippen molar-refractivity contribution in [3.8, 4) is 16.3 Å². The molecule has 2 aliphatic heterocycles. The fourth-order valence-corrected chi connectivity index (χ4v) is 9.85. The van der Waals surface area contributed by atoms with Gasteiger partial charge in [0.1, 0.15) is 10.8 Å². The van der Waals surface area contributed by atoms with Gasteiger partial charge in [0, 0.05) is 29.1 Å². The number of hydrogen-bond donors (Lipinski definition) is 3. The number of nitrogens with one attached hydrogen (secondary N) is 2. The van der Waals surface area contributed by atoms with Crippen LogP contribution in [0.25, 0.3) is 31.0 Å². The molecule has 0 bridgehead atoms. The molecule has 1 fully saturated rings. The number of rotatable bonds is 5. The molecule has 2 amide bonds. The molecule has 3 N–H and O–H groups in total. The lowest BCUT2D eigenvalue weighted by Gasteiger charge is -2.42. The number of aromatic hydroxyl groups is 1. The molecular formula is C39H39ClN6O2S2. The number of fused-ring (bicyclic) bond motifs is 4. The summed E-state index contributed by atoms with van der Waals surface area (Å²) in [4.78, 5) is 27.9. The molecule has 4 heterocycles. The number of urea groups is 1. The van der Waals surface area contributed by atoms with Crippen molar-refractivity contribution in [2.45, 2.75) is 46.0 Å². The van der Waals surface area contributed by atoms with E-state index in [1.165, 1.54) is 11.3 Å². The highest BCUT2D eigenvalue weighted by atomic mass is 35.5. The number of thiazole rings is 2. The predicted molar refractivity (Wildman–Crippen MR) is 209 cm³/mol. The number of likely N-dealkylation sites (tertiary alicyclic amines) is 1. The van der Waals surface area contributed by atoms with Crippen LogP contribution in [-0.2, 0) is 5.41 Å². The highest BCUT2D eigenvalue weighted by molar-refractivity contribution is 7.22. The van der Waals surface area contributed by atoms with Gasteiger partial charge in [0.25, 0.3) is 0 Å². The Hall–Kier alpha value is -4.22. The van der Waals surface area contributed by atoms with Crippen LogP contribution in [0.2, 0.25) is 5.02 Å². The number of phenolic OH excluding ortho intramolecular Hbond substituents is 1. The zero-order chi connectivity index (χ0) is 34.8. The number of phenols is 1. The lowest BCUT2D eigenvalue weighted by molar-refractivity contribution is 0.125. The second-order valence-corrected chi connectivity index (χ2v) is 17.3. The van der Waals surface area contributed by atoms with Crippen LogP contribution < -0.4 is 15.5 Å². The smallest absolute Gasteiger partial charge is 0.325 e. The van der Waals surface area contributed by atoms with E-state index in [-0.39, 0.29) is 22.6 Å². The van der Waals surface area contributed by atoms with E-state index >= 15 is 0 Å². The van der Waals surface area contributed by atoms with Gasteiger partial charge >= 0.3 is 6.03 Å². The zero-order valence-corrected chi connectivity index (χ0v) is 30.9. The molecule has 0 unspecified atom stereocenters. The second kappa shape index (κ2) is 12.5. The maximum absolute atomic E-state index is 13.5. The average molecular weight is 723 g/mol. The molecule has 4 aromatic carbocycles. The van der Waals surface area contributed by atoms with Crippen molar-refractivity contribution >= 4 is 82.9 Å². The molecule has 0 atom stereocenters. The van der Waals surface area contributed by atoms with Crippen LogP contribution >= 0.6 is 34.3 Å². The number of benzene rings is 4. The lowest BCUT2D eigenvalue weighted by atomic mass is 9.72.